The van der Waals surface area contributed by atoms with Crippen molar-refractivity contribution in [3.8, 4) is 11.3 Å². The molecule has 0 atom stereocenters. The summed E-state index contributed by atoms with van der Waals surface area (Å²) in [4.78, 5) is 23.7. The predicted octanol–water partition coefficient (Wildman–Crippen LogP) is 6.24. The first kappa shape index (κ1) is 24.8. The van der Waals surface area contributed by atoms with Gasteiger partial charge in [-0.15, -0.1) is 0 Å². The van der Waals surface area contributed by atoms with Gasteiger partial charge in [0.25, 0.3) is 0 Å². The van der Waals surface area contributed by atoms with Gasteiger partial charge >= 0.3 is 12.3 Å². The number of carboxylic acid groups (broad SMARTS) is 1. The second-order valence-electron chi connectivity index (χ2n) is 8.52. The molecule has 35 heavy (non-hydrogen) atoms. The van der Waals surface area contributed by atoms with E-state index in [1.165, 1.54) is 17.3 Å². The second-order valence-corrected chi connectivity index (χ2v) is 9.61. The fourth-order valence-corrected chi connectivity index (χ4v) is 5.20. The van der Waals surface area contributed by atoms with Crippen LogP contribution < -0.4 is 4.90 Å². The standard InChI is InChI=1S/C25H25F3N4O2S/c1-16(2)18-5-3-4-6-21(18)35-22-8-7-17(13-19(22)25(26,27)28)20-14-23(30-15-29-20)31-9-11-32(12-10-31)24(33)34/h3-8,13-16H,9-12H2,1-2H3,(H,33,34). The van der Waals surface area contributed by atoms with Gasteiger partial charge in [0.15, 0.2) is 0 Å². The maximum atomic E-state index is 14.1. The Morgan fingerprint density at radius 3 is 2.37 bits per heavy atom. The van der Waals surface area contributed by atoms with E-state index in [0.29, 0.717) is 43.3 Å². The lowest BCUT2D eigenvalue weighted by Gasteiger charge is -2.33. The van der Waals surface area contributed by atoms with Crippen molar-refractivity contribution in [1.29, 1.82) is 0 Å². The van der Waals surface area contributed by atoms with Crippen LogP contribution in [0.25, 0.3) is 11.3 Å². The van der Waals surface area contributed by atoms with Crippen molar-refractivity contribution in [2.45, 2.75) is 35.7 Å². The van der Waals surface area contributed by atoms with E-state index in [4.69, 9.17) is 5.11 Å². The van der Waals surface area contributed by atoms with E-state index in [9.17, 15) is 18.0 Å². The highest BCUT2D eigenvalue weighted by molar-refractivity contribution is 7.99. The van der Waals surface area contributed by atoms with Gasteiger partial charge in [-0.2, -0.15) is 13.2 Å². The van der Waals surface area contributed by atoms with Crippen LogP contribution in [0, 0.1) is 0 Å². The number of amides is 1. The number of rotatable bonds is 5. The highest BCUT2D eigenvalue weighted by Gasteiger charge is 2.34. The van der Waals surface area contributed by atoms with Crippen LogP contribution in [0.1, 0.15) is 30.9 Å². The first-order valence-electron chi connectivity index (χ1n) is 11.2. The number of anilines is 1. The molecule has 2 aromatic carbocycles. The van der Waals surface area contributed by atoms with E-state index >= 15 is 0 Å². The molecule has 1 aliphatic rings. The number of nitrogens with zero attached hydrogens (tertiary/aromatic N) is 4. The fraction of sp³-hybridized carbons (Fsp3) is 0.320. The minimum absolute atomic E-state index is 0.133. The SMILES string of the molecule is CC(C)c1ccccc1Sc1ccc(-c2cc(N3CCN(C(=O)O)CC3)ncn2)cc1C(F)(F)F. The largest absolute Gasteiger partial charge is 0.465 e. The molecule has 0 radical (unpaired) electrons. The summed E-state index contributed by atoms with van der Waals surface area (Å²) in [5, 5.41) is 9.13. The third kappa shape index (κ3) is 5.70. The molecule has 1 saturated heterocycles. The van der Waals surface area contributed by atoms with Crippen LogP contribution in [-0.4, -0.2) is 52.2 Å². The van der Waals surface area contributed by atoms with Crippen molar-refractivity contribution in [1.82, 2.24) is 14.9 Å². The minimum Gasteiger partial charge on any atom is -0.465 e. The number of halogens is 3. The third-order valence-electron chi connectivity index (χ3n) is 5.87. The maximum Gasteiger partial charge on any atom is 0.417 e. The summed E-state index contributed by atoms with van der Waals surface area (Å²) in [5.41, 5.74) is 0.999. The van der Waals surface area contributed by atoms with Gasteiger partial charge in [-0.25, -0.2) is 14.8 Å². The van der Waals surface area contributed by atoms with Crippen molar-refractivity contribution >= 4 is 23.7 Å². The number of hydrogen-bond donors (Lipinski definition) is 1. The Morgan fingerprint density at radius 2 is 1.71 bits per heavy atom. The first-order valence-corrected chi connectivity index (χ1v) is 12.0. The Labute approximate surface area is 205 Å². The van der Waals surface area contributed by atoms with Gasteiger partial charge in [-0.1, -0.05) is 49.9 Å². The lowest BCUT2D eigenvalue weighted by Crippen LogP contribution is -2.48. The summed E-state index contributed by atoms with van der Waals surface area (Å²) in [6.07, 6.45) is -4.18. The molecule has 0 spiro atoms. The molecule has 1 aliphatic heterocycles. The topological polar surface area (TPSA) is 69.6 Å². The Bertz CT molecular complexity index is 1210. The molecule has 2 heterocycles. The molecule has 1 N–H and O–H groups in total. The molecule has 10 heteroatoms. The number of aromatic nitrogens is 2. The van der Waals surface area contributed by atoms with Crippen molar-refractivity contribution in [3.05, 3.63) is 66.0 Å². The predicted molar refractivity (Wildman–Crippen MR) is 129 cm³/mol. The zero-order valence-corrected chi connectivity index (χ0v) is 20.1. The third-order valence-corrected chi connectivity index (χ3v) is 7.04. The zero-order chi connectivity index (χ0) is 25.2. The van der Waals surface area contributed by atoms with Crippen LogP contribution >= 0.6 is 11.8 Å². The minimum atomic E-state index is -4.53. The maximum absolute atomic E-state index is 14.1. The van der Waals surface area contributed by atoms with Gasteiger partial charge in [0.1, 0.15) is 12.1 Å². The van der Waals surface area contributed by atoms with Crippen molar-refractivity contribution in [2.24, 2.45) is 0 Å². The van der Waals surface area contributed by atoms with Gasteiger partial charge in [0, 0.05) is 47.6 Å². The van der Waals surface area contributed by atoms with Gasteiger partial charge < -0.3 is 14.9 Å². The first-order chi connectivity index (χ1) is 16.6. The van der Waals surface area contributed by atoms with Gasteiger partial charge in [-0.3, -0.25) is 0 Å². The number of benzene rings is 2. The van der Waals surface area contributed by atoms with E-state index in [-0.39, 0.29) is 10.8 Å². The molecule has 1 amide bonds. The van der Waals surface area contributed by atoms with Crippen molar-refractivity contribution in [2.75, 3.05) is 31.1 Å². The van der Waals surface area contributed by atoms with Crippen LogP contribution in [0.5, 0.6) is 0 Å². The Balaban J connectivity index is 1.64. The normalized spacial score (nSPS) is 14.5. The summed E-state index contributed by atoms with van der Waals surface area (Å²) in [6.45, 7) is 5.58. The molecule has 1 fully saturated rings. The molecular weight excluding hydrogens is 477 g/mol. The Hall–Kier alpha value is -3.27. The zero-order valence-electron chi connectivity index (χ0n) is 19.3. The van der Waals surface area contributed by atoms with Gasteiger partial charge in [0.05, 0.1) is 11.3 Å². The lowest BCUT2D eigenvalue weighted by atomic mass is 10.0. The van der Waals surface area contributed by atoms with Gasteiger partial charge in [-0.05, 0) is 29.7 Å². The van der Waals surface area contributed by atoms with E-state index in [2.05, 4.69) is 9.97 Å². The monoisotopic (exact) mass is 502 g/mol. The Morgan fingerprint density at radius 1 is 1.00 bits per heavy atom. The molecule has 0 saturated carbocycles. The van der Waals surface area contributed by atoms with Gasteiger partial charge in [0.2, 0.25) is 0 Å². The number of carbonyl (C=O) groups is 1. The average molecular weight is 503 g/mol. The van der Waals surface area contributed by atoms with Crippen LogP contribution in [0.4, 0.5) is 23.8 Å². The summed E-state index contributed by atoms with van der Waals surface area (Å²) in [7, 11) is 0. The van der Waals surface area contributed by atoms with Crippen molar-refractivity contribution in [3.63, 3.8) is 0 Å². The summed E-state index contributed by atoms with van der Waals surface area (Å²) in [6, 6.07) is 13.4. The molecule has 0 bridgehead atoms. The lowest BCUT2D eigenvalue weighted by molar-refractivity contribution is -0.139. The molecular formula is C25H25F3N4O2S. The van der Waals surface area contributed by atoms with E-state index in [1.54, 1.807) is 12.1 Å². The summed E-state index contributed by atoms with van der Waals surface area (Å²) >= 11 is 1.11. The smallest absolute Gasteiger partial charge is 0.417 e. The molecule has 0 aliphatic carbocycles. The number of piperazine rings is 1. The highest BCUT2D eigenvalue weighted by Crippen LogP contribution is 2.43. The van der Waals surface area contributed by atoms with Crippen molar-refractivity contribution < 1.29 is 23.1 Å². The van der Waals surface area contributed by atoms with Crippen LogP contribution in [0.2, 0.25) is 0 Å². The second kappa shape index (κ2) is 10.2. The molecule has 0 unspecified atom stereocenters. The quantitative estimate of drug-likeness (QED) is 0.446. The van der Waals surface area contributed by atoms with E-state index < -0.39 is 17.8 Å². The molecule has 6 nitrogen and oxygen atoms in total. The van der Waals surface area contributed by atoms with E-state index in [0.717, 1.165) is 28.3 Å². The van der Waals surface area contributed by atoms with Crippen LogP contribution in [0.3, 0.4) is 0 Å². The fourth-order valence-electron chi connectivity index (χ4n) is 3.97. The average Bonchev–Trinajstić information content (AvgIpc) is 2.84. The Kier molecular flexibility index (Phi) is 7.20. The molecule has 4 rings (SSSR count). The summed E-state index contributed by atoms with van der Waals surface area (Å²) in [5.74, 6) is 0.738. The van der Waals surface area contributed by atoms with E-state index in [1.807, 2.05) is 43.0 Å². The number of alkyl halides is 3. The molecule has 3 aromatic rings. The number of hydrogen-bond acceptors (Lipinski definition) is 5. The van der Waals surface area contributed by atoms with Crippen LogP contribution in [0.15, 0.2) is 64.6 Å². The molecule has 1 aromatic heterocycles. The molecule has 184 valence electrons. The summed E-state index contributed by atoms with van der Waals surface area (Å²) < 4.78 is 42.2. The highest BCUT2D eigenvalue weighted by atomic mass is 32.2. The van der Waals surface area contributed by atoms with Crippen LogP contribution in [-0.2, 0) is 6.18 Å².